The molecule has 0 spiro atoms. The van der Waals surface area contributed by atoms with Gasteiger partial charge in [-0.05, 0) is 81.0 Å². The fourth-order valence-corrected chi connectivity index (χ4v) is 6.39. The van der Waals surface area contributed by atoms with E-state index in [-0.39, 0.29) is 23.8 Å². The first-order valence-corrected chi connectivity index (χ1v) is 13.7. The van der Waals surface area contributed by atoms with Gasteiger partial charge < -0.3 is 15.5 Å². The number of fused-ring (bicyclic) bond motifs is 1. The SMILES string of the molecule is CCN(CCCNC(=O)C1CCC2S/C(=C/c3cccc(Cl)c3)C(=O)NC2C1)c1cccc(C)c1. The molecule has 0 radical (unpaired) electrons. The van der Waals surface area contributed by atoms with E-state index in [0.717, 1.165) is 37.9 Å². The summed E-state index contributed by atoms with van der Waals surface area (Å²) in [5.74, 6) is 0.00400. The highest BCUT2D eigenvalue weighted by Gasteiger charge is 2.39. The van der Waals surface area contributed by atoms with Gasteiger partial charge in [-0.25, -0.2) is 0 Å². The van der Waals surface area contributed by atoms with Crippen LogP contribution in [0.4, 0.5) is 5.69 Å². The van der Waals surface area contributed by atoms with E-state index in [2.05, 4.69) is 53.6 Å². The average Bonchev–Trinajstić information content (AvgIpc) is 2.84. The number of nitrogens with one attached hydrogen (secondary N) is 2. The maximum Gasteiger partial charge on any atom is 0.257 e. The van der Waals surface area contributed by atoms with Gasteiger partial charge in [-0.3, -0.25) is 9.59 Å². The molecule has 2 aromatic carbocycles. The summed E-state index contributed by atoms with van der Waals surface area (Å²) in [5.41, 5.74) is 3.40. The fourth-order valence-electron chi connectivity index (χ4n) is 4.90. The van der Waals surface area contributed by atoms with Crippen molar-refractivity contribution >= 4 is 46.9 Å². The minimum absolute atomic E-state index is 0.0328. The molecule has 4 rings (SSSR count). The number of nitrogens with zero attached hydrogens (tertiary/aromatic N) is 1. The Balaban J connectivity index is 1.24. The first kappa shape index (κ1) is 25.6. The Hall–Kier alpha value is -2.44. The van der Waals surface area contributed by atoms with Crippen LogP contribution in [0.15, 0.2) is 53.4 Å². The molecule has 1 aliphatic heterocycles. The van der Waals surface area contributed by atoms with Gasteiger partial charge in [-0.15, -0.1) is 11.8 Å². The van der Waals surface area contributed by atoms with Gasteiger partial charge in [0.05, 0.1) is 4.91 Å². The summed E-state index contributed by atoms with van der Waals surface area (Å²) in [7, 11) is 0. The van der Waals surface area contributed by atoms with Crippen molar-refractivity contribution in [1.82, 2.24) is 10.6 Å². The Morgan fingerprint density at radius 3 is 2.83 bits per heavy atom. The average molecular weight is 512 g/mol. The van der Waals surface area contributed by atoms with Crippen LogP contribution in [-0.2, 0) is 9.59 Å². The number of carbonyl (C=O) groups excluding carboxylic acids is 2. The molecule has 0 bridgehead atoms. The molecular formula is C28H34ClN3O2S. The van der Waals surface area contributed by atoms with Gasteiger partial charge in [-0.2, -0.15) is 0 Å². The lowest BCUT2D eigenvalue weighted by molar-refractivity contribution is -0.127. The van der Waals surface area contributed by atoms with E-state index in [4.69, 9.17) is 11.6 Å². The monoisotopic (exact) mass is 511 g/mol. The maximum atomic E-state index is 12.9. The number of hydrogen-bond acceptors (Lipinski definition) is 4. The van der Waals surface area contributed by atoms with Gasteiger partial charge in [0.15, 0.2) is 0 Å². The van der Waals surface area contributed by atoms with E-state index in [1.54, 1.807) is 11.8 Å². The third-order valence-corrected chi connectivity index (χ3v) is 8.43. The first-order chi connectivity index (χ1) is 16.9. The van der Waals surface area contributed by atoms with E-state index in [1.807, 2.05) is 30.3 Å². The molecule has 2 N–H and O–H groups in total. The standard InChI is InChI=1S/C28H34ClN3O2S/c1-3-32(23-10-4-7-19(2)15-23)14-6-13-30-27(33)21-11-12-25-24(18-21)31-28(34)26(35-25)17-20-8-5-9-22(29)16-20/h4-5,7-10,15-17,21,24-25H,3,6,11-14,18H2,1-2H3,(H,30,33)(H,31,34)/b26-17+. The van der Waals surface area contributed by atoms with Crippen molar-refractivity contribution in [1.29, 1.82) is 0 Å². The Labute approximate surface area is 217 Å². The summed E-state index contributed by atoms with van der Waals surface area (Å²) >= 11 is 7.71. The van der Waals surface area contributed by atoms with Crippen molar-refractivity contribution in [3.05, 3.63) is 69.6 Å². The molecule has 2 amide bonds. The van der Waals surface area contributed by atoms with Crippen molar-refractivity contribution in [2.45, 2.75) is 50.8 Å². The van der Waals surface area contributed by atoms with Gasteiger partial charge in [0.2, 0.25) is 5.91 Å². The lowest BCUT2D eigenvalue weighted by Crippen LogP contribution is -2.51. The van der Waals surface area contributed by atoms with Crippen LogP contribution in [0.3, 0.4) is 0 Å². The highest BCUT2D eigenvalue weighted by molar-refractivity contribution is 8.04. The number of benzene rings is 2. The number of hydrogen-bond donors (Lipinski definition) is 2. The van der Waals surface area contributed by atoms with Crippen molar-refractivity contribution in [3.8, 4) is 0 Å². The largest absolute Gasteiger partial charge is 0.372 e. The molecule has 1 saturated heterocycles. The predicted molar refractivity (Wildman–Crippen MR) is 147 cm³/mol. The molecule has 0 aromatic heterocycles. The number of anilines is 1. The molecule has 3 atom stereocenters. The molecular weight excluding hydrogens is 478 g/mol. The van der Waals surface area contributed by atoms with E-state index in [1.165, 1.54) is 11.3 Å². The molecule has 1 saturated carbocycles. The highest BCUT2D eigenvalue weighted by Crippen LogP contribution is 2.40. The van der Waals surface area contributed by atoms with Gasteiger partial charge in [0, 0.05) is 47.6 Å². The van der Waals surface area contributed by atoms with Crippen LogP contribution in [0.2, 0.25) is 5.02 Å². The summed E-state index contributed by atoms with van der Waals surface area (Å²) in [5, 5.41) is 7.25. The maximum absolute atomic E-state index is 12.9. The second-order valence-corrected chi connectivity index (χ2v) is 11.1. The normalized spacial score (nSPS) is 22.9. The molecule has 186 valence electrons. The molecule has 3 unspecified atom stereocenters. The molecule has 2 fully saturated rings. The van der Waals surface area contributed by atoms with E-state index in [9.17, 15) is 9.59 Å². The van der Waals surface area contributed by atoms with Crippen LogP contribution in [0.5, 0.6) is 0 Å². The minimum Gasteiger partial charge on any atom is -0.372 e. The summed E-state index contributed by atoms with van der Waals surface area (Å²) < 4.78 is 0. The zero-order valence-electron chi connectivity index (χ0n) is 20.4. The number of thioether (sulfide) groups is 1. The molecule has 2 aliphatic rings. The van der Waals surface area contributed by atoms with Gasteiger partial charge in [0.1, 0.15) is 0 Å². The third kappa shape index (κ3) is 6.83. The molecule has 35 heavy (non-hydrogen) atoms. The highest BCUT2D eigenvalue weighted by atomic mass is 35.5. The summed E-state index contributed by atoms with van der Waals surface area (Å²) in [4.78, 5) is 28.6. The smallest absolute Gasteiger partial charge is 0.257 e. The quantitative estimate of drug-likeness (QED) is 0.367. The number of aryl methyl sites for hydroxylation is 1. The van der Waals surface area contributed by atoms with Crippen LogP contribution >= 0.6 is 23.4 Å². The number of rotatable bonds is 8. The van der Waals surface area contributed by atoms with Crippen molar-refractivity contribution < 1.29 is 9.59 Å². The Morgan fingerprint density at radius 2 is 2.06 bits per heavy atom. The zero-order valence-corrected chi connectivity index (χ0v) is 22.0. The van der Waals surface area contributed by atoms with Crippen LogP contribution in [-0.4, -0.2) is 42.7 Å². The van der Waals surface area contributed by atoms with Crippen molar-refractivity contribution in [2.24, 2.45) is 5.92 Å². The van der Waals surface area contributed by atoms with Crippen LogP contribution < -0.4 is 15.5 Å². The van der Waals surface area contributed by atoms with Gasteiger partial charge in [-0.1, -0.05) is 35.9 Å². The summed E-state index contributed by atoms with van der Waals surface area (Å²) in [6.45, 7) is 6.78. The number of carbonyl (C=O) groups is 2. The van der Waals surface area contributed by atoms with Crippen LogP contribution in [0.25, 0.3) is 6.08 Å². The van der Waals surface area contributed by atoms with E-state index >= 15 is 0 Å². The molecule has 7 heteroatoms. The molecule has 1 aliphatic carbocycles. The molecule has 2 aromatic rings. The van der Waals surface area contributed by atoms with Crippen molar-refractivity contribution in [3.63, 3.8) is 0 Å². The Kier molecular flexibility index (Phi) is 8.79. The predicted octanol–water partition coefficient (Wildman–Crippen LogP) is 5.42. The lowest BCUT2D eigenvalue weighted by atomic mass is 9.84. The van der Waals surface area contributed by atoms with Crippen molar-refractivity contribution in [2.75, 3.05) is 24.5 Å². The fraction of sp³-hybridized carbons (Fsp3) is 0.429. The first-order valence-electron chi connectivity index (χ1n) is 12.5. The second-order valence-electron chi connectivity index (χ2n) is 9.37. The third-order valence-electron chi connectivity index (χ3n) is 6.78. The Morgan fingerprint density at radius 1 is 1.23 bits per heavy atom. The minimum atomic E-state index is -0.0620. The summed E-state index contributed by atoms with van der Waals surface area (Å²) in [6, 6.07) is 16.1. The number of amides is 2. The number of halogens is 1. The van der Waals surface area contributed by atoms with E-state index < -0.39 is 0 Å². The zero-order chi connectivity index (χ0) is 24.8. The second kappa shape index (κ2) is 12.0. The van der Waals surface area contributed by atoms with Crippen LogP contribution in [0.1, 0.15) is 43.7 Å². The topological polar surface area (TPSA) is 61.4 Å². The Bertz CT molecular complexity index is 1090. The van der Waals surface area contributed by atoms with Gasteiger partial charge in [0.25, 0.3) is 5.91 Å². The van der Waals surface area contributed by atoms with Crippen LogP contribution in [0, 0.1) is 12.8 Å². The molecule has 5 nitrogen and oxygen atoms in total. The lowest BCUT2D eigenvalue weighted by Gasteiger charge is -2.39. The van der Waals surface area contributed by atoms with Gasteiger partial charge >= 0.3 is 0 Å². The van der Waals surface area contributed by atoms with E-state index in [0.29, 0.717) is 28.1 Å². The summed E-state index contributed by atoms with van der Waals surface area (Å²) in [6.07, 6.45) is 5.26. The molecule has 1 heterocycles.